The summed E-state index contributed by atoms with van der Waals surface area (Å²) in [5.41, 5.74) is 0. The van der Waals surface area contributed by atoms with E-state index in [1.807, 2.05) is 0 Å². The van der Waals surface area contributed by atoms with Gasteiger partial charge in [0.25, 0.3) is 0 Å². The van der Waals surface area contributed by atoms with Crippen molar-refractivity contribution in [3.05, 3.63) is 29.8 Å². The van der Waals surface area contributed by atoms with E-state index >= 15 is 0 Å². The monoisotopic (exact) mass is 230 g/mol. The van der Waals surface area contributed by atoms with E-state index in [4.69, 9.17) is 9.84 Å². The third-order valence-corrected chi connectivity index (χ3v) is 2.17. The highest BCUT2D eigenvalue weighted by Gasteiger charge is 2.04. The number of hydrogen-bond donors (Lipinski definition) is 1. The minimum Gasteiger partial charge on any atom is -0.490 e. The van der Waals surface area contributed by atoms with Gasteiger partial charge in [0.1, 0.15) is 5.82 Å². The van der Waals surface area contributed by atoms with Gasteiger partial charge in [0.05, 0.1) is 12.7 Å². The van der Waals surface area contributed by atoms with Crippen LogP contribution in [0, 0.1) is 11.6 Å². The Kier molecular flexibility index (Phi) is 5.19. The predicted molar refractivity (Wildman–Crippen MR) is 57.4 cm³/mol. The van der Waals surface area contributed by atoms with Crippen molar-refractivity contribution in [2.45, 2.75) is 32.3 Å². The Morgan fingerprint density at radius 3 is 2.75 bits per heavy atom. The fourth-order valence-electron chi connectivity index (χ4n) is 1.31. The van der Waals surface area contributed by atoms with Crippen LogP contribution in [0.2, 0.25) is 0 Å². The van der Waals surface area contributed by atoms with E-state index in [0.717, 1.165) is 24.6 Å². The van der Waals surface area contributed by atoms with E-state index in [1.165, 1.54) is 0 Å². The Hall–Kier alpha value is -1.16. The summed E-state index contributed by atoms with van der Waals surface area (Å²) in [5, 5.41) is 9.00. The molecule has 0 bridgehead atoms. The summed E-state index contributed by atoms with van der Waals surface area (Å²) in [5.74, 6) is -1.13. The van der Waals surface area contributed by atoms with Gasteiger partial charge in [-0.1, -0.05) is 0 Å². The molecule has 0 saturated carbocycles. The average Bonchev–Trinajstić information content (AvgIpc) is 2.22. The predicted octanol–water partition coefficient (Wildman–Crippen LogP) is 2.89. The summed E-state index contributed by atoms with van der Waals surface area (Å²) in [6.45, 7) is 2.04. The van der Waals surface area contributed by atoms with Crippen LogP contribution in [0.4, 0.5) is 8.78 Å². The van der Waals surface area contributed by atoms with Crippen LogP contribution >= 0.6 is 0 Å². The minimum atomic E-state index is -0.558. The molecular weight excluding hydrogens is 214 g/mol. The first kappa shape index (κ1) is 12.9. The second-order valence-corrected chi connectivity index (χ2v) is 3.77. The molecule has 4 heteroatoms. The number of ether oxygens (including phenoxy) is 1. The van der Waals surface area contributed by atoms with Gasteiger partial charge in [-0.2, -0.15) is 0 Å². The van der Waals surface area contributed by atoms with Crippen LogP contribution < -0.4 is 4.74 Å². The van der Waals surface area contributed by atoms with Gasteiger partial charge in [-0.25, -0.2) is 8.78 Å². The number of unbranched alkanes of at least 4 members (excludes halogenated alkanes) is 1. The van der Waals surface area contributed by atoms with Crippen molar-refractivity contribution in [2.24, 2.45) is 0 Å². The third kappa shape index (κ3) is 4.57. The van der Waals surface area contributed by atoms with Crippen LogP contribution in [0.15, 0.2) is 18.2 Å². The van der Waals surface area contributed by atoms with E-state index in [1.54, 1.807) is 6.92 Å². The Labute approximate surface area is 93.9 Å². The Bertz CT molecular complexity index is 327. The molecule has 1 N–H and O–H groups in total. The molecule has 1 aromatic carbocycles. The van der Waals surface area contributed by atoms with Crippen molar-refractivity contribution in [3.63, 3.8) is 0 Å². The molecule has 90 valence electrons. The molecule has 0 aliphatic rings. The van der Waals surface area contributed by atoms with Gasteiger partial charge in [-0.15, -0.1) is 0 Å². The summed E-state index contributed by atoms with van der Waals surface area (Å²) < 4.78 is 30.9. The van der Waals surface area contributed by atoms with Gasteiger partial charge in [0.15, 0.2) is 11.6 Å². The molecule has 0 aliphatic carbocycles. The van der Waals surface area contributed by atoms with Gasteiger partial charge >= 0.3 is 0 Å². The van der Waals surface area contributed by atoms with Crippen LogP contribution in [0.3, 0.4) is 0 Å². The number of rotatable bonds is 6. The molecule has 0 fully saturated rings. The van der Waals surface area contributed by atoms with Crippen LogP contribution in [-0.4, -0.2) is 17.8 Å². The molecule has 0 spiro atoms. The van der Waals surface area contributed by atoms with Crippen LogP contribution in [-0.2, 0) is 0 Å². The molecular formula is C12H16F2O2. The number of hydrogen-bond acceptors (Lipinski definition) is 2. The van der Waals surface area contributed by atoms with Gasteiger partial charge in [-0.3, -0.25) is 0 Å². The lowest BCUT2D eigenvalue weighted by molar-refractivity contribution is 0.176. The largest absolute Gasteiger partial charge is 0.490 e. The van der Waals surface area contributed by atoms with E-state index in [-0.39, 0.29) is 11.9 Å². The Morgan fingerprint density at radius 2 is 2.06 bits per heavy atom. The fourth-order valence-corrected chi connectivity index (χ4v) is 1.31. The lowest BCUT2D eigenvalue weighted by Gasteiger charge is -2.07. The topological polar surface area (TPSA) is 29.5 Å². The van der Waals surface area contributed by atoms with Crippen molar-refractivity contribution in [2.75, 3.05) is 6.61 Å². The molecule has 0 aliphatic heterocycles. The second kappa shape index (κ2) is 6.43. The van der Waals surface area contributed by atoms with Crippen molar-refractivity contribution < 1.29 is 18.6 Å². The summed E-state index contributed by atoms with van der Waals surface area (Å²) >= 11 is 0. The maximum Gasteiger partial charge on any atom is 0.165 e. The SMILES string of the molecule is CC(O)CCCCOc1cc(F)ccc1F. The van der Waals surface area contributed by atoms with Gasteiger partial charge < -0.3 is 9.84 Å². The van der Waals surface area contributed by atoms with E-state index in [9.17, 15) is 8.78 Å². The molecule has 1 aromatic rings. The first-order valence-electron chi connectivity index (χ1n) is 5.35. The maximum atomic E-state index is 13.1. The molecule has 1 unspecified atom stereocenters. The normalized spacial score (nSPS) is 12.5. The number of aliphatic hydroxyl groups excluding tert-OH is 1. The fraction of sp³-hybridized carbons (Fsp3) is 0.500. The summed E-state index contributed by atoms with van der Waals surface area (Å²) in [7, 11) is 0. The van der Waals surface area contributed by atoms with E-state index in [0.29, 0.717) is 19.4 Å². The molecule has 0 radical (unpaired) electrons. The summed E-state index contributed by atoms with van der Waals surface area (Å²) in [6.07, 6.45) is 1.87. The molecule has 1 rings (SSSR count). The highest BCUT2D eigenvalue weighted by molar-refractivity contribution is 5.24. The zero-order valence-electron chi connectivity index (χ0n) is 9.25. The summed E-state index contributed by atoms with van der Waals surface area (Å²) in [4.78, 5) is 0. The first-order chi connectivity index (χ1) is 7.59. The van der Waals surface area contributed by atoms with Crippen molar-refractivity contribution in [1.82, 2.24) is 0 Å². The van der Waals surface area contributed by atoms with E-state index in [2.05, 4.69) is 0 Å². The average molecular weight is 230 g/mol. The zero-order valence-corrected chi connectivity index (χ0v) is 9.25. The Morgan fingerprint density at radius 1 is 1.31 bits per heavy atom. The highest BCUT2D eigenvalue weighted by atomic mass is 19.1. The smallest absolute Gasteiger partial charge is 0.165 e. The van der Waals surface area contributed by atoms with Crippen LogP contribution in [0.5, 0.6) is 5.75 Å². The van der Waals surface area contributed by atoms with Gasteiger partial charge in [-0.05, 0) is 38.3 Å². The van der Waals surface area contributed by atoms with Crippen molar-refractivity contribution >= 4 is 0 Å². The third-order valence-electron chi connectivity index (χ3n) is 2.17. The highest BCUT2D eigenvalue weighted by Crippen LogP contribution is 2.18. The zero-order chi connectivity index (χ0) is 12.0. The summed E-state index contributed by atoms with van der Waals surface area (Å²) in [6, 6.07) is 3.13. The van der Waals surface area contributed by atoms with Crippen molar-refractivity contribution in [3.8, 4) is 5.75 Å². The van der Waals surface area contributed by atoms with E-state index < -0.39 is 11.6 Å². The molecule has 2 nitrogen and oxygen atoms in total. The molecule has 0 aromatic heterocycles. The second-order valence-electron chi connectivity index (χ2n) is 3.77. The Balaban J connectivity index is 2.29. The van der Waals surface area contributed by atoms with Gasteiger partial charge in [0.2, 0.25) is 0 Å². The first-order valence-corrected chi connectivity index (χ1v) is 5.35. The van der Waals surface area contributed by atoms with Gasteiger partial charge in [0, 0.05) is 6.07 Å². The molecule has 0 heterocycles. The molecule has 16 heavy (non-hydrogen) atoms. The molecule has 0 saturated heterocycles. The number of benzene rings is 1. The minimum absolute atomic E-state index is 0.0583. The molecule has 1 atom stereocenters. The van der Waals surface area contributed by atoms with Crippen LogP contribution in [0.1, 0.15) is 26.2 Å². The maximum absolute atomic E-state index is 13.1. The lowest BCUT2D eigenvalue weighted by Crippen LogP contribution is -2.03. The van der Waals surface area contributed by atoms with Crippen molar-refractivity contribution in [1.29, 1.82) is 0 Å². The quantitative estimate of drug-likeness (QED) is 0.761. The van der Waals surface area contributed by atoms with Crippen LogP contribution in [0.25, 0.3) is 0 Å². The number of aliphatic hydroxyl groups is 1. The molecule has 0 amide bonds. The lowest BCUT2D eigenvalue weighted by atomic mass is 10.2. The number of halogens is 2. The standard InChI is InChI=1S/C12H16F2O2/c1-9(15)4-2-3-7-16-12-8-10(13)5-6-11(12)14/h5-6,8-9,15H,2-4,7H2,1H3.